The van der Waals surface area contributed by atoms with E-state index < -0.39 is 18.3 Å². The third-order valence-electron chi connectivity index (χ3n) is 5.07. The van der Waals surface area contributed by atoms with Crippen molar-refractivity contribution < 1.29 is 14.6 Å². The number of carbonyl (C=O) groups is 1. The summed E-state index contributed by atoms with van der Waals surface area (Å²) in [5.74, 6) is -1.18. The van der Waals surface area contributed by atoms with Gasteiger partial charge in [-0.1, -0.05) is 19.1 Å². The van der Waals surface area contributed by atoms with Crippen LogP contribution >= 0.6 is 0 Å². The van der Waals surface area contributed by atoms with E-state index in [1.807, 2.05) is 38.1 Å². The van der Waals surface area contributed by atoms with E-state index in [2.05, 4.69) is 21.5 Å². The van der Waals surface area contributed by atoms with Crippen LogP contribution in [0, 0.1) is 36.5 Å². The average molecular weight is 429 g/mol. The molecule has 2 N–H and O–H groups in total. The monoisotopic (exact) mass is 429 g/mol. The van der Waals surface area contributed by atoms with E-state index in [1.165, 1.54) is 6.08 Å². The molecule has 162 valence electrons. The summed E-state index contributed by atoms with van der Waals surface area (Å²) in [4.78, 5) is 19.7. The lowest BCUT2D eigenvalue weighted by Crippen LogP contribution is -2.10. The van der Waals surface area contributed by atoms with Gasteiger partial charge in [-0.25, -0.2) is 9.78 Å². The maximum atomic E-state index is 12.4. The number of para-hydroxylation sites is 2. The van der Waals surface area contributed by atoms with E-state index in [1.54, 1.807) is 18.2 Å². The molecule has 1 aromatic carbocycles. The van der Waals surface area contributed by atoms with Gasteiger partial charge >= 0.3 is 5.97 Å². The zero-order chi connectivity index (χ0) is 23.3. The van der Waals surface area contributed by atoms with Crippen LogP contribution < -0.4 is 0 Å². The van der Waals surface area contributed by atoms with E-state index in [0.717, 1.165) is 29.9 Å². The normalized spacial score (nSPS) is 12.2. The minimum absolute atomic E-state index is 0.139. The maximum Gasteiger partial charge on any atom is 0.349 e. The number of nitrogens with zero attached hydrogens (tertiary/aromatic N) is 4. The Bertz CT molecular complexity index is 1280. The Morgan fingerprint density at radius 3 is 2.69 bits per heavy atom. The van der Waals surface area contributed by atoms with E-state index in [4.69, 9.17) is 4.74 Å². The molecule has 0 spiro atoms. The lowest BCUT2D eigenvalue weighted by molar-refractivity contribution is -0.138. The highest BCUT2D eigenvalue weighted by Gasteiger charge is 2.18. The first-order chi connectivity index (χ1) is 15.4. The number of esters is 1. The second-order valence-electron chi connectivity index (χ2n) is 7.26. The SMILES string of the molecule is CCCn1c(C)cc(C=C(C#N)C(=O)OCC(O)=C(C#N)c2nc3ccccc3[nH]2)c1C. The Morgan fingerprint density at radius 1 is 1.28 bits per heavy atom. The Morgan fingerprint density at radius 2 is 2.03 bits per heavy atom. The number of rotatable bonds is 7. The van der Waals surface area contributed by atoms with Crippen LogP contribution in [0.3, 0.4) is 0 Å². The quantitative estimate of drug-likeness (QED) is 0.249. The highest BCUT2D eigenvalue weighted by Crippen LogP contribution is 2.21. The molecule has 3 aromatic rings. The molecule has 0 bridgehead atoms. The summed E-state index contributed by atoms with van der Waals surface area (Å²) in [5, 5.41) is 29.2. The van der Waals surface area contributed by atoms with Gasteiger partial charge in [0.25, 0.3) is 0 Å². The fourth-order valence-electron chi connectivity index (χ4n) is 3.44. The highest BCUT2D eigenvalue weighted by molar-refractivity contribution is 5.98. The molecule has 0 saturated heterocycles. The van der Waals surface area contributed by atoms with E-state index >= 15 is 0 Å². The fourth-order valence-corrected chi connectivity index (χ4v) is 3.44. The minimum Gasteiger partial charge on any atom is -0.507 e. The number of aromatic amines is 1. The highest BCUT2D eigenvalue weighted by atomic mass is 16.5. The van der Waals surface area contributed by atoms with Gasteiger partial charge in [0, 0.05) is 17.9 Å². The lowest BCUT2D eigenvalue weighted by Gasteiger charge is -2.07. The second-order valence-corrected chi connectivity index (χ2v) is 7.26. The van der Waals surface area contributed by atoms with Gasteiger partial charge in [0.05, 0.1) is 11.0 Å². The molecule has 2 heterocycles. The molecule has 3 rings (SSSR count). The maximum absolute atomic E-state index is 12.4. The topological polar surface area (TPSA) is 128 Å². The number of ether oxygens (including phenoxy) is 1. The summed E-state index contributed by atoms with van der Waals surface area (Å²) >= 11 is 0. The van der Waals surface area contributed by atoms with Crippen LogP contribution in [0.4, 0.5) is 0 Å². The predicted octanol–water partition coefficient (Wildman–Crippen LogP) is 4.33. The first kappa shape index (κ1) is 22.4. The summed E-state index contributed by atoms with van der Waals surface area (Å²) in [7, 11) is 0. The van der Waals surface area contributed by atoms with E-state index in [-0.39, 0.29) is 17.0 Å². The molecule has 0 radical (unpaired) electrons. The second kappa shape index (κ2) is 9.67. The molecule has 8 heteroatoms. The molecular weight excluding hydrogens is 406 g/mol. The fraction of sp³-hybridized carbons (Fsp3) is 0.250. The van der Waals surface area contributed by atoms with Crippen LogP contribution in [0.5, 0.6) is 0 Å². The Labute approximate surface area is 185 Å². The number of nitriles is 2. The van der Waals surface area contributed by atoms with Crippen LogP contribution in [-0.4, -0.2) is 32.2 Å². The number of fused-ring (bicyclic) bond motifs is 1. The number of aliphatic hydroxyl groups is 1. The molecule has 0 saturated carbocycles. The first-order valence-corrected chi connectivity index (χ1v) is 10.1. The van der Waals surface area contributed by atoms with Gasteiger partial charge in [-0.3, -0.25) is 0 Å². The molecule has 0 fully saturated rings. The third kappa shape index (κ3) is 4.55. The van der Waals surface area contributed by atoms with Crippen molar-refractivity contribution in [1.29, 1.82) is 10.5 Å². The molecule has 0 unspecified atom stereocenters. The lowest BCUT2D eigenvalue weighted by atomic mass is 10.1. The zero-order valence-corrected chi connectivity index (χ0v) is 18.1. The largest absolute Gasteiger partial charge is 0.507 e. The van der Waals surface area contributed by atoms with Gasteiger partial charge in [-0.2, -0.15) is 10.5 Å². The number of aliphatic hydroxyl groups excluding tert-OH is 1. The number of imidazole rings is 1. The summed E-state index contributed by atoms with van der Waals surface area (Å²) in [6.07, 6.45) is 2.44. The number of carbonyl (C=O) groups excluding carboxylic acids is 1. The van der Waals surface area contributed by atoms with Crippen molar-refractivity contribution in [1.82, 2.24) is 14.5 Å². The molecule has 0 amide bonds. The number of nitrogens with one attached hydrogen (secondary N) is 1. The van der Waals surface area contributed by atoms with Gasteiger partial charge in [0.1, 0.15) is 29.9 Å². The number of allylic oxidation sites excluding steroid dienone is 1. The van der Waals surface area contributed by atoms with E-state index in [9.17, 15) is 20.4 Å². The molecule has 2 aromatic heterocycles. The van der Waals surface area contributed by atoms with Crippen molar-refractivity contribution in [3.63, 3.8) is 0 Å². The van der Waals surface area contributed by atoms with Crippen LogP contribution in [0.25, 0.3) is 22.7 Å². The number of aryl methyl sites for hydroxylation is 1. The van der Waals surface area contributed by atoms with E-state index in [0.29, 0.717) is 11.0 Å². The molecule has 0 aliphatic carbocycles. The van der Waals surface area contributed by atoms with Crippen molar-refractivity contribution in [2.24, 2.45) is 0 Å². The summed E-state index contributed by atoms with van der Waals surface area (Å²) in [6, 6.07) is 12.8. The smallest absolute Gasteiger partial charge is 0.349 e. The summed E-state index contributed by atoms with van der Waals surface area (Å²) in [5.41, 5.74) is 3.74. The van der Waals surface area contributed by atoms with Crippen molar-refractivity contribution >= 4 is 28.7 Å². The standard InChI is InChI=1S/C24H23N5O3/c1-4-9-29-15(2)10-17(16(29)3)11-18(12-25)24(31)32-14-22(30)19(13-26)23-27-20-7-5-6-8-21(20)28-23/h5-8,10-11,30H,4,9,14H2,1-3H3,(H,27,28). The van der Waals surface area contributed by atoms with Crippen molar-refractivity contribution in [2.45, 2.75) is 33.7 Å². The number of hydrogen-bond donors (Lipinski definition) is 2. The Kier molecular flexibility index (Phi) is 6.77. The molecule has 32 heavy (non-hydrogen) atoms. The molecule has 8 nitrogen and oxygen atoms in total. The summed E-state index contributed by atoms with van der Waals surface area (Å²) < 4.78 is 7.21. The van der Waals surface area contributed by atoms with Crippen molar-refractivity contribution in [2.75, 3.05) is 6.61 Å². The molecule has 0 aliphatic rings. The Balaban J connectivity index is 1.79. The zero-order valence-electron chi connectivity index (χ0n) is 18.1. The van der Waals surface area contributed by atoms with Crippen LogP contribution in [0.1, 0.15) is 36.1 Å². The number of benzene rings is 1. The van der Waals surface area contributed by atoms with Crippen LogP contribution in [-0.2, 0) is 16.1 Å². The summed E-state index contributed by atoms with van der Waals surface area (Å²) in [6.45, 7) is 6.25. The van der Waals surface area contributed by atoms with Crippen LogP contribution in [0.2, 0.25) is 0 Å². The van der Waals surface area contributed by atoms with Gasteiger partial charge < -0.3 is 19.4 Å². The van der Waals surface area contributed by atoms with Crippen molar-refractivity contribution in [3.8, 4) is 12.1 Å². The van der Waals surface area contributed by atoms with Gasteiger partial charge in [-0.15, -0.1) is 0 Å². The van der Waals surface area contributed by atoms with Crippen molar-refractivity contribution in [3.05, 3.63) is 64.4 Å². The third-order valence-corrected chi connectivity index (χ3v) is 5.07. The predicted molar refractivity (Wildman–Crippen MR) is 120 cm³/mol. The number of hydrogen-bond acceptors (Lipinski definition) is 6. The Hall–Kier alpha value is -4.30. The van der Waals surface area contributed by atoms with Crippen LogP contribution in [0.15, 0.2) is 41.7 Å². The average Bonchev–Trinajstić information content (AvgIpc) is 3.32. The minimum atomic E-state index is -0.888. The molecule has 0 aliphatic heterocycles. The van der Waals surface area contributed by atoms with Gasteiger partial charge in [-0.05, 0) is 50.1 Å². The number of aromatic nitrogens is 3. The van der Waals surface area contributed by atoms with Gasteiger partial charge in [0.15, 0.2) is 11.6 Å². The number of H-pyrrole nitrogens is 1. The molecular formula is C24H23N5O3. The molecule has 0 atom stereocenters. The first-order valence-electron chi connectivity index (χ1n) is 10.1. The van der Waals surface area contributed by atoms with Gasteiger partial charge in [0.2, 0.25) is 0 Å².